The van der Waals surface area contributed by atoms with Crippen molar-refractivity contribution in [3.8, 4) is 0 Å². The SMILES string of the molecule is C1=C(c2cccc3cc(C4=NC(c5cccc6oc7ccccc7c56)=NC(c5ccc6ccccc6c5)N4)ccc23)c2c(oc3ccccc23)CN1. The average molecular weight is 671 g/mol. The van der Waals surface area contributed by atoms with E-state index in [4.69, 9.17) is 18.8 Å². The number of hydrogen-bond donors (Lipinski definition) is 2. The molecule has 1 unspecified atom stereocenters. The van der Waals surface area contributed by atoms with Gasteiger partial charge >= 0.3 is 0 Å². The van der Waals surface area contributed by atoms with Crippen molar-refractivity contribution in [2.45, 2.75) is 12.7 Å². The number of hydrogen-bond acceptors (Lipinski definition) is 6. The standard InChI is InChI=1S/C46H30N4O2/c1-2-10-28-23-30(20-19-27(28)9-1)44-48-45(50-46(49-44)36-15-8-18-40-42(36)34-12-3-5-16-38(34)51-40)31-21-22-32-29(24-31)11-7-14-33(32)37-25-47-26-41-43(37)35-13-4-6-17-39(35)52-41/h1-25,44,47H,26H2,(H,48,49,50). The fraction of sp³-hybridized carbons (Fsp3) is 0.0435. The number of rotatable bonds is 4. The average Bonchev–Trinajstić information content (AvgIpc) is 3.79. The number of aliphatic imine (C=N–C) groups is 2. The quantitative estimate of drug-likeness (QED) is 0.195. The zero-order valence-electron chi connectivity index (χ0n) is 27.9. The van der Waals surface area contributed by atoms with Crippen molar-refractivity contribution in [2.75, 3.05) is 0 Å². The smallest absolute Gasteiger partial charge is 0.160 e. The van der Waals surface area contributed by atoms with E-state index in [-0.39, 0.29) is 6.17 Å². The first-order valence-electron chi connectivity index (χ1n) is 17.6. The maximum Gasteiger partial charge on any atom is 0.160 e. The lowest BCUT2D eigenvalue weighted by molar-refractivity contribution is 0.531. The Hall–Kier alpha value is -6.92. The lowest BCUT2D eigenvalue weighted by atomic mass is 9.90. The van der Waals surface area contributed by atoms with Crippen LogP contribution in [0.25, 0.3) is 60.0 Å². The van der Waals surface area contributed by atoms with Crippen LogP contribution in [0.3, 0.4) is 0 Å². The monoisotopic (exact) mass is 670 g/mol. The second-order valence-corrected chi connectivity index (χ2v) is 13.4. The zero-order chi connectivity index (χ0) is 34.2. The maximum atomic E-state index is 6.27. The van der Waals surface area contributed by atoms with Gasteiger partial charge in [0.05, 0.1) is 6.54 Å². The Morgan fingerprint density at radius 1 is 0.577 bits per heavy atom. The molecule has 7 aromatic carbocycles. The van der Waals surface area contributed by atoms with E-state index in [1.54, 1.807) is 0 Å². The van der Waals surface area contributed by atoms with E-state index in [1.807, 2.05) is 42.5 Å². The Kier molecular flexibility index (Phi) is 6.28. The summed E-state index contributed by atoms with van der Waals surface area (Å²) in [7, 11) is 0. The minimum absolute atomic E-state index is 0.353. The molecular weight excluding hydrogens is 641 g/mol. The van der Waals surface area contributed by atoms with Gasteiger partial charge in [0.1, 0.15) is 34.5 Å². The van der Waals surface area contributed by atoms with Crippen molar-refractivity contribution in [3.05, 3.63) is 185 Å². The summed E-state index contributed by atoms with van der Waals surface area (Å²) < 4.78 is 12.5. The van der Waals surface area contributed by atoms with Gasteiger partial charge in [-0.15, -0.1) is 0 Å². The van der Waals surface area contributed by atoms with Gasteiger partial charge in [0.15, 0.2) is 5.84 Å². The van der Waals surface area contributed by atoms with Crippen LogP contribution in [0, 0.1) is 0 Å². The highest BCUT2D eigenvalue weighted by atomic mass is 16.3. The summed E-state index contributed by atoms with van der Waals surface area (Å²) in [5.41, 5.74) is 8.99. The first kappa shape index (κ1) is 28.9. The third-order valence-corrected chi connectivity index (χ3v) is 10.4. The lowest BCUT2D eigenvalue weighted by Gasteiger charge is -2.24. The number of para-hydroxylation sites is 2. The molecule has 0 radical (unpaired) electrons. The van der Waals surface area contributed by atoms with Gasteiger partial charge in [0.2, 0.25) is 0 Å². The van der Waals surface area contributed by atoms with Crippen molar-refractivity contribution in [1.82, 2.24) is 10.6 Å². The topological polar surface area (TPSA) is 75.1 Å². The fourth-order valence-electron chi connectivity index (χ4n) is 7.94. The van der Waals surface area contributed by atoms with E-state index in [2.05, 4.69) is 120 Å². The van der Waals surface area contributed by atoms with E-state index in [0.29, 0.717) is 12.4 Å². The van der Waals surface area contributed by atoms with Crippen LogP contribution in [0.1, 0.15) is 39.7 Å². The largest absolute Gasteiger partial charge is 0.459 e. The van der Waals surface area contributed by atoms with E-state index in [0.717, 1.165) is 88.7 Å². The Morgan fingerprint density at radius 2 is 1.33 bits per heavy atom. The molecule has 0 amide bonds. The van der Waals surface area contributed by atoms with Crippen molar-refractivity contribution in [2.24, 2.45) is 9.98 Å². The van der Waals surface area contributed by atoms with Crippen LogP contribution in [0.5, 0.6) is 0 Å². The summed E-state index contributed by atoms with van der Waals surface area (Å²) in [6, 6.07) is 50.6. The number of amidine groups is 2. The molecule has 1 atom stereocenters. The molecule has 0 saturated carbocycles. The first-order valence-corrected chi connectivity index (χ1v) is 17.6. The van der Waals surface area contributed by atoms with Gasteiger partial charge in [-0.25, -0.2) is 9.98 Å². The number of benzene rings is 7. The van der Waals surface area contributed by atoms with Crippen LogP contribution in [-0.2, 0) is 6.54 Å². The molecule has 0 fully saturated rings. The summed E-state index contributed by atoms with van der Waals surface area (Å²) in [6.45, 7) is 0.665. The van der Waals surface area contributed by atoms with Gasteiger partial charge in [-0.05, 0) is 63.0 Å². The molecule has 6 nitrogen and oxygen atoms in total. The molecule has 2 aliphatic heterocycles. The first-order chi connectivity index (χ1) is 25.7. The predicted octanol–water partition coefficient (Wildman–Crippen LogP) is 10.6. The molecule has 52 heavy (non-hydrogen) atoms. The normalized spacial score (nSPS) is 15.7. The van der Waals surface area contributed by atoms with E-state index in [9.17, 15) is 0 Å². The van der Waals surface area contributed by atoms with Gasteiger partial charge in [0, 0.05) is 44.6 Å². The van der Waals surface area contributed by atoms with Gasteiger partial charge in [-0.2, -0.15) is 0 Å². The minimum Gasteiger partial charge on any atom is -0.459 e. The lowest BCUT2D eigenvalue weighted by Crippen LogP contribution is -2.33. The molecule has 9 aromatic rings. The molecule has 2 aromatic heterocycles. The highest BCUT2D eigenvalue weighted by Gasteiger charge is 2.26. The third kappa shape index (κ3) is 4.51. The molecule has 6 heteroatoms. The molecule has 11 rings (SSSR count). The number of nitrogens with one attached hydrogen (secondary N) is 2. The van der Waals surface area contributed by atoms with Crippen molar-refractivity contribution < 1.29 is 8.83 Å². The minimum atomic E-state index is -0.353. The highest BCUT2D eigenvalue weighted by molar-refractivity contribution is 6.22. The van der Waals surface area contributed by atoms with Crippen LogP contribution in [0.2, 0.25) is 0 Å². The third-order valence-electron chi connectivity index (χ3n) is 10.4. The van der Waals surface area contributed by atoms with Crippen LogP contribution < -0.4 is 10.6 Å². The Labute approximate surface area is 298 Å². The highest BCUT2D eigenvalue weighted by Crippen LogP contribution is 2.40. The molecule has 0 spiro atoms. The summed E-state index contributed by atoms with van der Waals surface area (Å²) in [6.07, 6.45) is 1.77. The van der Waals surface area contributed by atoms with Crippen LogP contribution in [0.15, 0.2) is 171 Å². The molecule has 0 saturated heterocycles. The Balaban J connectivity index is 1.06. The van der Waals surface area contributed by atoms with Gasteiger partial charge in [-0.1, -0.05) is 115 Å². The van der Waals surface area contributed by atoms with Crippen molar-refractivity contribution >= 4 is 71.7 Å². The Bertz CT molecular complexity index is 3020. The fourth-order valence-corrected chi connectivity index (χ4v) is 7.94. The van der Waals surface area contributed by atoms with E-state index in [1.165, 1.54) is 10.8 Å². The van der Waals surface area contributed by atoms with Crippen LogP contribution >= 0.6 is 0 Å². The molecule has 2 aliphatic rings. The van der Waals surface area contributed by atoms with Crippen LogP contribution in [0.4, 0.5) is 0 Å². The van der Waals surface area contributed by atoms with Gasteiger partial charge in [0.25, 0.3) is 0 Å². The molecule has 0 aliphatic carbocycles. The van der Waals surface area contributed by atoms with E-state index >= 15 is 0 Å². The summed E-state index contributed by atoms with van der Waals surface area (Å²) in [4.78, 5) is 10.5. The molecule has 4 heterocycles. The summed E-state index contributed by atoms with van der Waals surface area (Å²) >= 11 is 0. The Morgan fingerprint density at radius 3 is 2.25 bits per heavy atom. The molecular formula is C46H30N4O2. The van der Waals surface area contributed by atoms with Crippen molar-refractivity contribution in [1.29, 1.82) is 0 Å². The van der Waals surface area contributed by atoms with E-state index < -0.39 is 0 Å². The summed E-state index contributed by atoms with van der Waals surface area (Å²) in [5.74, 6) is 2.39. The number of furan rings is 2. The second kappa shape index (κ2) is 11.3. The van der Waals surface area contributed by atoms with Crippen molar-refractivity contribution in [3.63, 3.8) is 0 Å². The predicted molar refractivity (Wildman–Crippen MR) is 211 cm³/mol. The molecule has 0 bridgehead atoms. The second-order valence-electron chi connectivity index (χ2n) is 13.4. The number of nitrogens with zero attached hydrogens (tertiary/aromatic N) is 2. The molecule has 246 valence electrons. The van der Waals surface area contributed by atoms with Gasteiger partial charge in [-0.3, -0.25) is 0 Å². The van der Waals surface area contributed by atoms with Crippen LogP contribution in [-0.4, -0.2) is 11.7 Å². The maximum absolute atomic E-state index is 6.27. The zero-order valence-corrected chi connectivity index (χ0v) is 27.9. The summed E-state index contributed by atoms with van der Waals surface area (Å²) in [5, 5.41) is 15.0. The molecule has 2 N–H and O–H groups in total. The van der Waals surface area contributed by atoms with Gasteiger partial charge < -0.3 is 19.5 Å². The number of fused-ring (bicyclic) bond motifs is 8.